The van der Waals surface area contributed by atoms with Crippen molar-refractivity contribution in [1.82, 2.24) is 19.6 Å². The molecular formula is C112H120N8O8. The number of likely N-dealkylation sites (tertiary alicyclic amines) is 4. The molecule has 0 saturated carbocycles. The predicted octanol–water partition coefficient (Wildman–Crippen LogP) is 15.8. The second-order valence-electron chi connectivity index (χ2n) is 33.0. The SMILES string of the molecule is [2H]C1([2H])Cc2cc(CC([2H])([2H])N3CC[C@@H](C(C(N)=O)(c4ccccc4)c4ccccc4)C3)ccc2O1.[2H]C1([2H])Oc2ccc(CCN3CC[C@@H](C(C(N)=O)(c4ccccc4)c4ccccc4)C3)cc2C1([2H])[2H].[2H]c1c([2H])c([2H])c(C(C(N)=O)(c2c([2H])c([2H])c([2H])c([2H])c2[2H])[C@@H]2CCN(C([2H])([2H])Cc3ccc4c(c3)CC([2H])([2H])O4)C2)c([2H])c1[2H].[2H]c1c([2H])c([2H])c(C(C(N)=O)(c2c([2H])c([2H])c([2H])c([2H])c2[2H])[C@@H]2CCN(CCc3ccc4c(c3)CC([2H])([2H])O4)C2)c([2H])c1[2H]. The molecule has 8 N–H and O–H groups in total. The molecule has 20 rings (SSSR count). The number of amides is 4. The van der Waals surface area contributed by atoms with Gasteiger partial charge in [0.05, 0.1) is 64.6 Å². The van der Waals surface area contributed by atoms with Crippen molar-refractivity contribution in [3.8, 4) is 23.0 Å². The molecular weight excluding hydrogens is 1590 g/mol. The van der Waals surface area contributed by atoms with Crippen LogP contribution in [0.25, 0.3) is 0 Å². The zero-order valence-electron chi connectivity index (χ0n) is 104. The highest BCUT2D eigenvalue weighted by Gasteiger charge is 2.54. The first-order valence-corrected chi connectivity index (χ1v) is 43.0. The van der Waals surface area contributed by atoms with Crippen LogP contribution in [0.15, 0.2) is 315 Å². The molecule has 4 atom stereocenters. The molecule has 16 nitrogen and oxygen atoms in total. The van der Waals surface area contributed by atoms with E-state index in [4.69, 9.17) is 88.5 Å². The second kappa shape index (κ2) is 40.3. The largest absolute Gasteiger partial charge is 0.493 e. The number of nitrogens with zero attached hydrogens (tertiary/aromatic N) is 4. The van der Waals surface area contributed by atoms with E-state index in [1.54, 1.807) is 48.5 Å². The van der Waals surface area contributed by atoms with Crippen LogP contribution in [0.3, 0.4) is 0 Å². The number of aryl methyl sites for hydroxylation is 6. The van der Waals surface area contributed by atoms with Gasteiger partial charge >= 0.3 is 0 Å². The highest BCUT2D eigenvalue weighted by molar-refractivity contribution is 5.94. The number of primary amides is 4. The van der Waals surface area contributed by atoms with Crippen molar-refractivity contribution in [2.75, 3.05) is 105 Å². The fourth-order valence-corrected chi connectivity index (χ4v) is 19.7. The van der Waals surface area contributed by atoms with Gasteiger partial charge in [-0.15, -0.1) is 0 Å². The first-order chi connectivity index (χ1) is 76.1. The topological polar surface area (TPSA) is 222 Å². The monoisotopic (exact) mass is 1740 g/mol. The molecule has 8 aliphatic rings. The van der Waals surface area contributed by atoms with Gasteiger partial charge in [-0.2, -0.15) is 0 Å². The first-order valence-electron chi connectivity index (χ1n) is 60.0. The third kappa shape index (κ3) is 18.4. The number of fused-ring (bicyclic) bond motifs is 4. The third-order valence-electron chi connectivity index (χ3n) is 26.0. The molecule has 4 fully saturated rings. The van der Waals surface area contributed by atoms with E-state index in [-0.39, 0.29) is 93.6 Å². The summed E-state index contributed by atoms with van der Waals surface area (Å²) in [6.07, 6.45) is 0.869. The number of carbonyl (C=O) groups is 4. The van der Waals surface area contributed by atoms with Crippen LogP contribution in [-0.4, -0.2) is 148 Å². The Bertz CT molecular complexity index is 7430. The predicted molar refractivity (Wildman–Crippen MR) is 507 cm³/mol. The van der Waals surface area contributed by atoms with Gasteiger partial charge in [0.1, 0.15) is 44.7 Å². The van der Waals surface area contributed by atoms with E-state index < -0.39 is 240 Å². The number of ether oxygens (including phenoxy) is 4. The van der Waals surface area contributed by atoms with E-state index in [0.717, 1.165) is 69.6 Å². The minimum atomic E-state index is -2.55. The average molecular weight is 1740 g/mol. The van der Waals surface area contributed by atoms with Gasteiger partial charge < -0.3 is 61.5 Å². The number of nitrogens with two attached hydrogens (primary N) is 4. The number of benzene rings is 12. The summed E-state index contributed by atoms with van der Waals surface area (Å²) in [6.45, 7) is -7.67. The van der Waals surface area contributed by atoms with Gasteiger partial charge in [-0.3, -0.25) is 19.2 Å². The summed E-state index contributed by atoms with van der Waals surface area (Å²) in [6, 6.07) is 44.2. The Kier molecular flexibility index (Phi) is 17.4. The molecule has 4 saturated heterocycles. The lowest BCUT2D eigenvalue weighted by Gasteiger charge is -2.37. The molecule has 656 valence electrons. The Labute approximate surface area is 802 Å². The lowest BCUT2D eigenvalue weighted by molar-refractivity contribution is -0.124. The maximum atomic E-state index is 13.8. The fraction of sp³-hybridized carbons (Fsp3) is 0.321. The van der Waals surface area contributed by atoms with Crippen LogP contribution in [-0.2, 0) is 92.2 Å². The zero-order chi connectivity index (χ0) is 118. The van der Waals surface area contributed by atoms with E-state index in [2.05, 4.69) is 4.90 Å². The molecule has 8 heterocycles. The molecule has 12 aromatic rings. The summed E-state index contributed by atoms with van der Waals surface area (Å²) in [5.41, 5.74) is 24.2. The van der Waals surface area contributed by atoms with Gasteiger partial charge in [0.25, 0.3) is 0 Å². The summed E-state index contributed by atoms with van der Waals surface area (Å²) in [5.74, 6) is -3.94. The summed E-state index contributed by atoms with van der Waals surface area (Å²) in [4.78, 5) is 61.6. The van der Waals surface area contributed by atoms with Gasteiger partial charge in [-0.05, 0) is 214 Å². The lowest BCUT2D eigenvalue weighted by atomic mass is 9.64. The van der Waals surface area contributed by atoms with E-state index >= 15 is 0 Å². The van der Waals surface area contributed by atoms with Gasteiger partial charge in [0.2, 0.25) is 23.6 Å². The van der Waals surface area contributed by atoms with Crippen LogP contribution in [0.2, 0.25) is 0 Å². The smallest absolute Gasteiger partial charge is 0.232 e. The van der Waals surface area contributed by atoms with Crippen LogP contribution >= 0.6 is 0 Å². The highest BCUT2D eigenvalue weighted by Crippen LogP contribution is 2.49. The van der Waals surface area contributed by atoms with Crippen molar-refractivity contribution in [1.29, 1.82) is 0 Å². The summed E-state index contributed by atoms with van der Waals surface area (Å²) in [7, 11) is 0. The second-order valence-corrected chi connectivity index (χ2v) is 33.0. The van der Waals surface area contributed by atoms with Crippen molar-refractivity contribution >= 4 is 23.6 Å². The number of hydrogen-bond donors (Lipinski definition) is 4. The first kappa shape index (κ1) is 55.3. The van der Waals surface area contributed by atoms with Crippen molar-refractivity contribution in [2.45, 2.75) is 98.7 Å². The Morgan fingerprint density at radius 3 is 0.859 bits per heavy atom. The van der Waals surface area contributed by atoms with E-state index in [0.29, 0.717) is 80.4 Å². The Morgan fingerprint density at radius 2 is 0.562 bits per heavy atom. The van der Waals surface area contributed by atoms with Crippen molar-refractivity contribution in [2.24, 2.45) is 46.6 Å². The molecule has 0 spiro atoms. The van der Waals surface area contributed by atoms with Crippen molar-refractivity contribution in [3.63, 3.8) is 0 Å². The molecule has 0 unspecified atom stereocenters. The number of hydrogen-bond acceptors (Lipinski definition) is 12. The summed E-state index contributed by atoms with van der Waals surface area (Å²) >= 11 is 0. The van der Waals surface area contributed by atoms with Crippen LogP contribution < -0.4 is 41.9 Å². The average Bonchev–Trinajstić information content (AvgIpc) is 0.817. The highest BCUT2D eigenvalue weighted by atomic mass is 16.5. The fourth-order valence-electron chi connectivity index (χ4n) is 19.7. The van der Waals surface area contributed by atoms with Crippen LogP contribution in [0.1, 0.15) is 161 Å². The molecule has 0 bridgehead atoms. The van der Waals surface area contributed by atoms with Gasteiger partial charge in [0.15, 0.2) is 0 Å². The maximum absolute atomic E-state index is 13.8. The van der Waals surface area contributed by atoms with E-state index in [9.17, 15) is 19.2 Å². The molecule has 128 heavy (non-hydrogen) atoms. The Balaban J connectivity index is 0.000000146. The van der Waals surface area contributed by atoms with E-state index in [1.165, 1.54) is 4.90 Å². The molecule has 4 amide bonds. The van der Waals surface area contributed by atoms with Gasteiger partial charge in [-0.25, -0.2) is 0 Å². The van der Waals surface area contributed by atoms with E-state index in [1.807, 2.05) is 155 Å². The van der Waals surface area contributed by atoms with Crippen LogP contribution in [0.5, 0.6) is 23.0 Å². The lowest BCUT2D eigenvalue weighted by Crippen LogP contribution is -2.49. The quantitative estimate of drug-likeness (QED) is 0.0360. The van der Waals surface area contributed by atoms with Crippen LogP contribution in [0, 0.1) is 23.7 Å². The minimum absolute atomic E-state index is 0.00889. The maximum Gasteiger partial charge on any atom is 0.232 e. The number of carbonyl (C=O) groups excluding carboxylic acids is 4. The van der Waals surface area contributed by atoms with Gasteiger partial charge in [0, 0.05) is 86.1 Å². The molecule has 16 heteroatoms. The normalized spacial score (nSPS) is 24.3. The molecule has 12 aromatic carbocycles. The Hall–Kier alpha value is -12.4. The molecule has 0 aromatic heterocycles. The summed E-state index contributed by atoms with van der Waals surface area (Å²) in [5, 5.41) is 0. The van der Waals surface area contributed by atoms with Crippen LogP contribution in [0.4, 0.5) is 0 Å². The molecule has 0 radical (unpaired) electrons. The Morgan fingerprint density at radius 1 is 0.312 bits per heavy atom. The standard InChI is InChI=1S/4C28H30N2O2/c4*29-27(31)28(23-7-3-1-4-8-23,24-9-5-2-6-10-24)25-14-17-30(20-25)16-13-21-11-12-26-22(19-21)15-18-32-26/h4*1-12,19,25H,13-18,20H2,(H2,29,31)/t4*25-/m1111/s1/i1D,2D,3D,4D,5D,6D,7D,8D,9D,10D,16D2,18D2;1D,2D,3D,4D,5D,6D,7D,8D,9D,10D,18D2;16D2,18D2;15D2,18D2. The third-order valence-corrected chi connectivity index (χ3v) is 26.0. The minimum Gasteiger partial charge on any atom is -0.493 e. The summed E-state index contributed by atoms with van der Waals surface area (Å²) < 4.78 is 305. The van der Waals surface area contributed by atoms with Crippen molar-refractivity contribution < 1.29 is 84.7 Å². The van der Waals surface area contributed by atoms with Gasteiger partial charge in [-0.1, -0.05) is 291 Å². The zero-order valence-corrected chi connectivity index (χ0v) is 70.5. The molecule has 0 aliphatic carbocycles. The van der Waals surface area contributed by atoms with Crippen molar-refractivity contribution in [3.05, 3.63) is 404 Å². The molecule has 8 aliphatic heterocycles. The number of rotatable bonds is 28.